The molecule has 20 heavy (non-hydrogen) atoms. The smallest absolute Gasteiger partial charge is 0.192 e. The molecule has 1 atom stereocenters. The summed E-state index contributed by atoms with van der Waals surface area (Å²) in [7, 11) is 0. The molecule has 3 nitrogen and oxygen atoms in total. The van der Waals surface area contributed by atoms with Gasteiger partial charge in [0.1, 0.15) is 0 Å². The minimum Gasteiger partial charge on any atom is -0.494 e. The molecule has 1 aromatic carbocycles. The fraction of sp³-hybridized carbons (Fsp3) is 0.235. The van der Waals surface area contributed by atoms with Crippen molar-refractivity contribution in [3.05, 3.63) is 65.7 Å². The molecule has 2 rings (SSSR count). The summed E-state index contributed by atoms with van der Waals surface area (Å²) in [5, 5.41) is 20.0. The number of allylic oxidation sites excluding steroid dienone is 2. The van der Waals surface area contributed by atoms with Gasteiger partial charge in [-0.25, -0.2) is 0 Å². The van der Waals surface area contributed by atoms with Gasteiger partial charge in [0.05, 0.1) is 6.07 Å². The number of nitrogens with zero attached hydrogens (tertiary/aromatic N) is 2. The summed E-state index contributed by atoms with van der Waals surface area (Å²) in [4.78, 5) is 1.62. The standard InChI is InChI=1S/C17H18N2O/c1-4-17(12-18)15-8-6-5-7-14(15)9-10-19(17)16(20)11-13(2)3/h5-11,20H,2,4H2,1,3H3/b16-11-. The van der Waals surface area contributed by atoms with Gasteiger partial charge in [-0.1, -0.05) is 43.3 Å². The van der Waals surface area contributed by atoms with Crippen LogP contribution in [0.4, 0.5) is 0 Å². The van der Waals surface area contributed by atoms with Crippen LogP contribution in [0, 0.1) is 11.3 Å². The van der Waals surface area contributed by atoms with Crippen molar-refractivity contribution in [2.75, 3.05) is 0 Å². The first kappa shape index (κ1) is 14.0. The number of aliphatic hydroxyl groups excluding tert-OH is 1. The van der Waals surface area contributed by atoms with Gasteiger partial charge in [-0.05, 0) is 30.5 Å². The van der Waals surface area contributed by atoms with E-state index in [1.165, 1.54) is 0 Å². The van der Waals surface area contributed by atoms with Crippen LogP contribution >= 0.6 is 0 Å². The van der Waals surface area contributed by atoms with Crippen molar-refractivity contribution >= 4 is 6.08 Å². The number of nitriles is 1. The Bertz CT molecular complexity index is 637. The van der Waals surface area contributed by atoms with Crippen LogP contribution in [0.15, 0.2) is 54.6 Å². The van der Waals surface area contributed by atoms with Gasteiger partial charge in [-0.15, -0.1) is 0 Å². The molecular weight excluding hydrogens is 248 g/mol. The van der Waals surface area contributed by atoms with Crippen LogP contribution in [0.25, 0.3) is 6.08 Å². The first-order valence-electron chi connectivity index (χ1n) is 6.59. The monoisotopic (exact) mass is 266 g/mol. The lowest BCUT2D eigenvalue weighted by Crippen LogP contribution is -2.43. The Labute approximate surface area is 119 Å². The molecule has 0 radical (unpaired) electrons. The maximum atomic E-state index is 10.3. The van der Waals surface area contributed by atoms with Crippen molar-refractivity contribution < 1.29 is 5.11 Å². The van der Waals surface area contributed by atoms with Crippen molar-refractivity contribution in [1.29, 1.82) is 5.26 Å². The number of hydrogen-bond acceptors (Lipinski definition) is 3. The Hall–Kier alpha value is -2.47. The molecule has 1 unspecified atom stereocenters. The minimum absolute atomic E-state index is 0.0339. The van der Waals surface area contributed by atoms with E-state index < -0.39 is 5.54 Å². The van der Waals surface area contributed by atoms with Crippen molar-refractivity contribution in [3.8, 4) is 6.07 Å². The molecule has 102 valence electrons. The molecule has 0 bridgehead atoms. The summed E-state index contributed by atoms with van der Waals surface area (Å²) >= 11 is 0. The molecule has 0 amide bonds. The van der Waals surface area contributed by atoms with E-state index in [4.69, 9.17) is 0 Å². The zero-order chi connectivity index (χ0) is 14.8. The minimum atomic E-state index is -0.888. The largest absolute Gasteiger partial charge is 0.494 e. The molecule has 0 aliphatic carbocycles. The van der Waals surface area contributed by atoms with Gasteiger partial charge in [0, 0.05) is 12.3 Å². The van der Waals surface area contributed by atoms with Crippen molar-refractivity contribution in [2.24, 2.45) is 0 Å². The highest BCUT2D eigenvalue weighted by Crippen LogP contribution is 2.40. The fourth-order valence-electron chi connectivity index (χ4n) is 2.55. The second kappa shape index (κ2) is 5.26. The molecule has 0 fully saturated rings. The maximum Gasteiger partial charge on any atom is 0.192 e. The van der Waals surface area contributed by atoms with Gasteiger partial charge in [0.25, 0.3) is 0 Å². The van der Waals surface area contributed by atoms with E-state index in [1.54, 1.807) is 24.1 Å². The molecule has 1 aromatic rings. The summed E-state index contributed by atoms with van der Waals surface area (Å²) in [5.41, 5.74) is 1.77. The van der Waals surface area contributed by atoms with Gasteiger partial charge < -0.3 is 5.11 Å². The number of benzene rings is 1. The topological polar surface area (TPSA) is 47.3 Å². The van der Waals surface area contributed by atoms with Crippen molar-refractivity contribution in [2.45, 2.75) is 25.8 Å². The second-order valence-electron chi connectivity index (χ2n) is 4.95. The van der Waals surface area contributed by atoms with Crippen molar-refractivity contribution in [3.63, 3.8) is 0 Å². The van der Waals surface area contributed by atoms with Crippen LogP contribution in [-0.4, -0.2) is 10.0 Å². The zero-order valence-electron chi connectivity index (χ0n) is 11.8. The maximum absolute atomic E-state index is 10.3. The van der Waals surface area contributed by atoms with Crippen molar-refractivity contribution in [1.82, 2.24) is 4.90 Å². The lowest BCUT2D eigenvalue weighted by Gasteiger charge is -2.40. The average molecular weight is 266 g/mol. The van der Waals surface area contributed by atoms with Crippen LogP contribution in [-0.2, 0) is 5.54 Å². The molecule has 1 N–H and O–H groups in total. The van der Waals surface area contributed by atoms with Crippen LogP contribution in [0.5, 0.6) is 0 Å². The van der Waals surface area contributed by atoms with Crippen LogP contribution in [0.1, 0.15) is 31.4 Å². The second-order valence-corrected chi connectivity index (χ2v) is 4.95. The molecule has 1 heterocycles. The summed E-state index contributed by atoms with van der Waals surface area (Å²) in [6, 6.07) is 10.1. The molecule has 0 aromatic heterocycles. The predicted molar refractivity (Wildman–Crippen MR) is 80.4 cm³/mol. The van der Waals surface area contributed by atoms with Gasteiger partial charge in [0.2, 0.25) is 0 Å². The zero-order valence-corrected chi connectivity index (χ0v) is 11.8. The lowest BCUT2D eigenvalue weighted by molar-refractivity contribution is 0.153. The summed E-state index contributed by atoms with van der Waals surface area (Å²) in [5.74, 6) is 0.0339. The normalized spacial score (nSPS) is 21.2. The highest BCUT2D eigenvalue weighted by atomic mass is 16.3. The number of aliphatic hydroxyl groups is 1. The molecule has 0 saturated carbocycles. The van der Waals surface area contributed by atoms with E-state index in [9.17, 15) is 10.4 Å². The third kappa shape index (κ3) is 2.10. The summed E-state index contributed by atoms with van der Waals surface area (Å²) in [6.45, 7) is 7.51. The third-order valence-corrected chi connectivity index (χ3v) is 3.54. The SMILES string of the molecule is C=C(C)/C=C(\O)N1C=Cc2ccccc2C1(C#N)CC. The van der Waals surface area contributed by atoms with Gasteiger partial charge >= 0.3 is 0 Å². The summed E-state index contributed by atoms with van der Waals surface area (Å²) < 4.78 is 0. The van der Waals surface area contributed by atoms with Crippen LogP contribution in [0.2, 0.25) is 0 Å². The van der Waals surface area contributed by atoms with E-state index >= 15 is 0 Å². The highest BCUT2D eigenvalue weighted by Gasteiger charge is 2.41. The van der Waals surface area contributed by atoms with E-state index in [2.05, 4.69) is 12.6 Å². The summed E-state index contributed by atoms with van der Waals surface area (Å²) in [6.07, 6.45) is 5.80. The Morgan fingerprint density at radius 2 is 2.20 bits per heavy atom. The number of fused-ring (bicyclic) bond motifs is 1. The molecule has 0 saturated heterocycles. The van der Waals surface area contributed by atoms with E-state index in [0.717, 1.165) is 16.7 Å². The van der Waals surface area contributed by atoms with E-state index in [-0.39, 0.29) is 5.88 Å². The quantitative estimate of drug-likeness (QED) is 0.662. The lowest BCUT2D eigenvalue weighted by atomic mass is 9.82. The molecule has 0 spiro atoms. The van der Waals surface area contributed by atoms with E-state index in [1.807, 2.05) is 37.3 Å². The fourth-order valence-corrected chi connectivity index (χ4v) is 2.55. The molecule has 1 aliphatic rings. The first-order chi connectivity index (χ1) is 9.55. The first-order valence-corrected chi connectivity index (χ1v) is 6.59. The van der Waals surface area contributed by atoms with Crippen LogP contribution < -0.4 is 0 Å². The van der Waals surface area contributed by atoms with Gasteiger partial charge in [-0.2, -0.15) is 5.26 Å². The number of hydrogen-bond donors (Lipinski definition) is 1. The highest BCUT2D eigenvalue weighted by molar-refractivity contribution is 5.61. The average Bonchev–Trinajstić information content (AvgIpc) is 2.45. The Morgan fingerprint density at radius 1 is 1.50 bits per heavy atom. The van der Waals surface area contributed by atoms with Gasteiger partial charge in [0.15, 0.2) is 11.4 Å². The predicted octanol–water partition coefficient (Wildman–Crippen LogP) is 4.08. The Kier molecular flexibility index (Phi) is 3.67. The van der Waals surface area contributed by atoms with Crippen LogP contribution in [0.3, 0.4) is 0 Å². The molecular formula is C17H18N2O. The Morgan fingerprint density at radius 3 is 2.80 bits per heavy atom. The Balaban J connectivity index is 2.62. The van der Waals surface area contributed by atoms with Gasteiger partial charge in [-0.3, -0.25) is 4.90 Å². The third-order valence-electron chi connectivity index (χ3n) is 3.54. The van der Waals surface area contributed by atoms with E-state index in [0.29, 0.717) is 6.42 Å². The molecule has 3 heteroatoms. The number of rotatable bonds is 3. The molecule has 1 aliphatic heterocycles.